The van der Waals surface area contributed by atoms with Gasteiger partial charge in [0, 0.05) is 18.8 Å². The van der Waals surface area contributed by atoms with Crippen LogP contribution in [0.4, 0.5) is 5.69 Å². The lowest BCUT2D eigenvalue weighted by atomic mass is 10.3. The van der Waals surface area contributed by atoms with E-state index in [-0.39, 0.29) is 0 Å². The smallest absolute Gasteiger partial charge is 0.240 e. The van der Waals surface area contributed by atoms with Crippen LogP contribution in [0.5, 0.6) is 0 Å². The van der Waals surface area contributed by atoms with Crippen molar-refractivity contribution in [2.75, 3.05) is 30.4 Å². The van der Waals surface area contributed by atoms with Crippen LogP contribution in [-0.4, -0.2) is 33.5 Å². The lowest BCUT2D eigenvalue weighted by molar-refractivity contribution is 0.581. The van der Waals surface area contributed by atoms with Gasteiger partial charge in [0.1, 0.15) is 0 Å². The molecule has 108 valence electrons. The van der Waals surface area contributed by atoms with Crippen LogP contribution >= 0.6 is 11.8 Å². The Bertz CT molecular complexity index is 458. The summed E-state index contributed by atoms with van der Waals surface area (Å²) in [5.41, 5.74) is 0.954. The molecule has 0 heterocycles. The fraction of sp³-hybridized carbons (Fsp3) is 0.538. The van der Waals surface area contributed by atoms with Crippen molar-refractivity contribution in [1.29, 1.82) is 0 Å². The molecular formula is C13H22N2O2S2. The van der Waals surface area contributed by atoms with E-state index in [4.69, 9.17) is 0 Å². The van der Waals surface area contributed by atoms with Crippen molar-refractivity contribution in [2.45, 2.75) is 24.7 Å². The third kappa shape index (κ3) is 5.84. The molecule has 0 aliphatic rings. The zero-order valence-corrected chi connectivity index (χ0v) is 13.1. The van der Waals surface area contributed by atoms with Crippen LogP contribution in [-0.2, 0) is 10.0 Å². The Morgan fingerprint density at radius 3 is 2.42 bits per heavy atom. The maximum atomic E-state index is 11.9. The van der Waals surface area contributed by atoms with E-state index in [1.54, 1.807) is 24.3 Å². The number of rotatable bonds is 9. The maximum Gasteiger partial charge on any atom is 0.240 e. The normalized spacial score (nSPS) is 11.5. The largest absolute Gasteiger partial charge is 0.385 e. The first-order valence-electron chi connectivity index (χ1n) is 6.42. The van der Waals surface area contributed by atoms with E-state index in [0.29, 0.717) is 11.4 Å². The number of hydrogen-bond donors (Lipinski definition) is 2. The van der Waals surface area contributed by atoms with Crippen molar-refractivity contribution in [2.24, 2.45) is 0 Å². The van der Waals surface area contributed by atoms with Gasteiger partial charge in [-0.2, -0.15) is 11.8 Å². The van der Waals surface area contributed by atoms with E-state index in [1.807, 2.05) is 18.7 Å². The summed E-state index contributed by atoms with van der Waals surface area (Å²) < 4.78 is 26.3. The van der Waals surface area contributed by atoms with E-state index in [2.05, 4.69) is 16.3 Å². The summed E-state index contributed by atoms with van der Waals surface area (Å²) in [5, 5.41) is 3.27. The predicted octanol–water partition coefficient (Wildman–Crippen LogP) is 2.54. The number of sulfonamides is 1. The first-order chi connectivity index (χ1) is 9.10. The molecule has 1 aromatic rings. The van der Waals surface area contributed by atoms with Gasteiger partial charge in [-0.15, -0.1) is 0 Å². The molecule has 0 bridgehead atoms. The average Bonchev–Trinajstić information content (AvgIpc) is 2.42. The third-order valence-corrected chi connectivity index (χ3v) is 4.73. The Hall–Kier alpha value is -0.720. The Balaban J connectivity index is 2.56. The molecule has 2 N–H and O–H groups in total. The monoisotopic (exact) mass is 302 g/mol. The zero-order chi connectivity index (χ0) is 14.1. The van der Waals surface area contributed by atoms with Crippen molar-refractivity contribution < 1.29 is 8.42 Å². The van der Waals surface area contributed by atoms with Crippen molar-refractivity contribution in [3.8, 4) is 0 Å². The summed E-state index contributed by atoms with van der Waals surface area (Å²) in [6, 6.07) is 6.88. The molecule has 19 heavy (non-hydrogen) atoms. The Morgan fingerprint density at radius 1 is 1.16 bits per heavy atom. The Labute approximate surface area is 120 Å². The second-order valence-electron chi connectivity index (χ2n) is 4.20. The topological polar surface area (TPSA) is 58.2 Å². The fourth-order valence-electron chi connectivity index (χ4n) is 1.52. The minimum Gasteiger partial charge on any atom is -0.385 e. The summed E-state index contributed by atoms with van der Waals surface area (Å²) in [5.74, 6) is 1.13. The van der Waals surface area contributed by atoms with Gasteiger partial charge < -0.3 is 5.32 Å². The Morgan fingerprint density at radius 2 is 1.84 bits per heavy atom. The lowest BCUT2D eigenvalue weighted by Gasteiger charge is -2.08. The number of nitrogens with one attached hydrogen (secondary N) is 2. The number of thioether (sulfide) groups is 1. The third-order valence-electron chi connectivity index (χ3n) is 2.56. The van der Waals surface area contributed by atoms with Crippen LogP contribution in [0.2, 0.25) is 0 Å². The molecule has 0 aromatic heterocycles. The van der Waals surface area contributed by atoms with Gasteiger partial charge in [-0.05, 0) is 49.1 Å². The highest BCUT2D eigenvalue weighted by atomic mass is 32.2. The molecule has 1 rings (SSSR count). The van der Waals surface area contributed by atoms with Gasteiger partial charge in [0.05, 0.1) is 4.90 Å². The highest BCUT2D eigenvalue weighted by Crippen LogP contribution is 2.14. The molecule has 0 atom stereocenters. The van der Waals surface area contributed by atoms with Gasteiger partial charge >= 0.3 is 0 Å². The first kappa shape index (κ1) is 16.3. The maximum absolute atomic E-state index is 11.9. The average molecular weight is 302 g/mol. The SMILES string of the molecule is CCCNS(=O)(=O)c1ccc(NCCCSC)cc1. The van der Waals surface area contributed by atoms with Gasteiger partial charge in [-0.1, -0.05) is 6.92 Å². The van der Waals surface area contributed by atoms with Crippen LogP contribution in [0.1, 0.15) is 19.8 Å². The van der Waals surface area contributed by atoms with E-state index in [0.717, 1.165) is 30.8 Å². The van der Waals surface area contributed by atoms with Crippen LogP contribution in [0.25, 0.3) is 0 Å². The second-order valence-corrected chi connectivity index (χ2v) is 6.95. The van der Waals surface area contributed by atoms with E-state index in [1.165, 1.54) is 0 Å². The van der Waals surface area contributed by atoms with Gasteiger partial charge in [0.25, 0.3) is 0 Å². The van der Waals surface area contributed by atoms with E-state index < -0.39 is 10.0 Å². The summed E-state index contributed by atoms with van der Waals surface area (Å²) >= 11 is 1.82. The minimum absolute atomic E-state index is 0.315. The highest BCUT2D eigenvalue weighted by molar-refractivity contribution is 7.98. The van der Waals surface area contributed by atoms with Crippen LogP contribution in [0.15, 0.2) is 29.2 Å². The summed E-state index contributed by atoms with van der Waals surface area (Å²) in [6.45, 7) is 3.31. The lowest BCUT2D eigenvalue weighted by Crippen LogP contribution is -2.24. The van der Waals surface area contributed by atoms with Gasteiger partial charge in [0.2, 0.25) is 10.0 Å². The fourth-order valence-corrected chi connectivity index (χ4v) is 3.09. The summed E-state index contributed by atoms with van der Waals surface area (Å²) in [4.78, 5) is 0.315. The predicted molar refractivity (Wildman–Crippen MR) is 83.4 cm³/mol. The second kappa shape index (κ2) is 8.45. The van der Waals surface area contributed by atoms with Crippen molar-refractivity contribution in [3.63, 3.8) is 0 Å². The van der Waals surface area contributed by atoms with Crippen molar-refractivity contribution in [1.82, 2.24) is 4.72 Å². The molecule has 0 unspecified atom stereocenters. The first-order valence-corrected chi connectivity index (χ1v) is 9.30. The van der Waals surface area contributed by atoms with Crippen molar-refractivity contribution in [3.05, 3.63) is 24.3 Å². The molecule has 0 saturated heterocycles. The van der Waals surface area contributed by atoms with Crippen LogP contribution < -0.4 is 10.0 Å². The molecule has 1 aromatic carbocycles. The molecule has 0 saturated carbocycles. The molecular weight excluding hydrogens is 280 g/mol. The number of anilines is 1. The number of hydrogen-bond acceptors (Lipinski definition) is 4. The van der Waals surface area contributed by atoms with E-state index >= 15 is 0 Å². The van der Waals surface area contributed by atoms with Crippen molar-refractivity contribution >= 4 is 27.5 Å². The Kier molecular flexibility index (Phi) is 7.27. The molecule has 0 fully saturated rings. The molecule has 4 nitrogen and oxygen atoms in total. The van der Waals surface area contributed by atoms with Gasteiger partial charge in [-0.25, -0.2) is 13.1 Å². The standard InChI is InChI=1S/C13H22N2O2S2/c1-3-9-15-19(16,17)13-7-5-12(6-8-13)14-10-4-11-18-2/h5-8,14-15H,3-4,9-11H2,1-2H3. The molecule has 0 aliphatic heterocycles. The number of benzene rings is 1. The van der Waals surface area contributed by atoms with Gasteiger partial charge in [-0.3, -0.25) is 0 Å². The summed E-state index contributed by atoms with van der Waals surface area (Å²) in [6.07, 6.45) is 3.97. The summed E-state index contributed by atoms with van der Waals surface area (Å²) in [7, 11) is -3.35. The van der Waals surface area contributed by atoms with E-state index in [9.17, 15) is 8.42 Å². The molecule has 6 heteroatoms. The van der Waals surface area contributed by atoms with Crippen LogP contribution in [0, 0.1) is 0 Å². The minimum atomic E-state index is -3.35. The molecule has 0 amide bonds. The molecule has 0 spiro atoms. The van der Waals surface area contributed by atoms with Gasteiger partial charge in [0.15, 0.2) is 0 Å². The quantitative estimate of drug-likeness (QED) is 0.688. The highest BCUT2D eigenvalue weighted by Gasteiger charge is 2.12. The zero-order valence-electron chi connectivity index (χ0n) is 11.5. The van der Waals surface area contributed by atoms with Crippen LogP contribution in [0.3, 0.4) is 0 Å². The molecule has 0 radical (unpaired) electrons. The molecule has 0 aliphatic carbocycles.